The summed E-state index contributed by atoms with van der Waals surface area (Å²) in [4.78, 5) is 24.1. The largest absolute Gasteiger partial charge is 0.482 e. The molecular weight excluding hydrogens is 351 g/mol. The molecule has 0 saturated heterocycles. The molecule has 1 saturated carbocycles. The van der Waals surface area contributed by atoms with Gasteiger partial charge in [0.25, 0.3) is 5.91 Å². The van der Waals surface area contributed by atoms with Crippen LogP contribution in [0.25, 0.3) is 11.1 Å². The van der Waals surface area contributed by atoms with Gasteiger partial charge in [-0.3, -0.25) is 14.5 Å². The minimum absolute atomic E-state index is 0.274. The Morgan fingerprint density at radius 1 is 1.30 bits per heavy atom. The minimum atomic E-state index is -1.13. The van der Waals surface area contributed by atoms with Crippen LogP contribution >= 0.6 is 0 Å². The quantitative estimate of drug-likeness (QED) is 0.899. The Labute approximate surface area is 154 Å². The molecule has 2 aromatic carbocycles. The number of hydrogen-bond donors (Lipinski definition) is 1. The van der Waals surface area contributed by atoms with E-state index >= 15 is 0 Å². The van der Waals surface area contributed by atoms with Crippen LogP contribution in [0, 0.1) is 17.1 Å². The van der Waals surface area contributed by atoms with Gasteiger partial charge < -0.3 is 9.84 Å². The first-order valence-corrected chi connectivity index (χ1v) is 8.44. The number of halogens is 1. The molecule has 7 heteroatoms. The zero-order chi connectivity index (χ0) is 19.2. The van der Waals surface area contributed by atoms with Gasteiger partial charge in [-0.1, -0.05) is 12.1 Å². The number of fused-ring (bicyclic) bond motifs is 1. The highest BCUT2D eigenvalue weighted by atomic mass is 19.1. The van der Waals surface area contributed by atoms with E-state index in [1.165, 1.54) is 6.07 Å². The van der Waals surface area contributed by atoms with Crippen molar-refractivity contribution in [1.82, 2.24) is 0 Å². The fourth-order valence-corrected chi connectivity index (χ4v) is 3.31. The zero-order valence-corrected chi connectivity index (χ0v) is 14.2. The van der Waals surface area contributed by atoms with Crippen molar-refractivity contribution in [3.05, 3.63) is 47.8 Å². The van der Waals surface area contributed by atoms with E-state index in [2.05, 4.69) is 6.07 Å². The van der Waals surface area contributed by atoms with Gasteiger partial charge in [-0.05, 0) is 48.2 Å². The van der Waals surface area contributed by atoms with E-state index in [0.717, 1.165) is 23.3 Å². The van der Waals surface area contributed by atoms with Crippen molar-refractivity contribution in [2.24, 2.45) is 0 Å². The molecule has 1 N–H and O–H groups in total. The molecule has 1 aliphatic carbocycles. The van der Waals surface area contributed by atoms with Crippen LogP contribution in [-0.2, 0) is 15.0 Å². The molecule has 1 heterocycles. The SMILES string of the molecule is N#CC1(c2ccc(F)c(-c3ccc4c(c3)OCC(=O)N4CC(=O)O)c2)CC1. The lowest BCUT2D eigenvalue weighted by Crippen LogP contribution is -2.41. The van der Waals surface area contributed by atoms with Crippen molar-refractivity contribution >= 4 is 17.6 Å². The third kappa shape index (κ3) is 2.89. The maximum atomic E-state index is 14.4. The van der Waals surface area contributed by atoms with Crippen LogP contribution in [0.5, 0.6) is 5.75 Å². The first-order chi connectivity index (χ1) is 12.9. The van der Waals surface area contributed by atoms with Crippen molar-refractivity contribution in [2.75, 3.05) is 18.1 Å². The Balaban J connectivity index is 1.75. The van der Waals surface area contributed by atoms with E-state index in [1.54, 1.807) is 30.3 Å². The Kier molecular flexibility index (Phi) is 3.84. The summed E-state index contributed by atoms with van der Waals surface area (Å²) in [6.45, 7) is -0.743. The first-order valence-electron chi connectivity index (χ1n) is 8.44. The molecule has 0 radical (unpaired) electrons. The number of hydrogen-bond acceptors (Lipinski definition) is 4. The monoisotopic (exact) mass is 366 g/mol. The van der Waals surface area contributed by atoms with E-state index in [-0.39, 0.29) is 6.61 Å². The summed E-state index contributed by atoms with van der Waals surface area (Å²) < 4.78 is 19.9. The lowest BCUT2D eigenvalue weighted by molar-refractivity contribution is -0.137. The normalized spacial score (nSPS) is 16.9. The number of carbonyl (C=O) groups excluding carboxylic acids is 1. The van der Waals surface area contributed by atoms with E-state index in [0.29, 0.717) is 22.6 Å². The van der Waals surface area contributed by atoms with E-state index in [1.807, 2.05) is 0 Å². The summed E-state index contributed by atoms with van der Waals surface area (Å²) in [6.07, 6.45) is 1.52. The first kappa shape index (κ1) is 17.0. The summed E-state index contributed by atoms with van der Waals surface area (Å²) >= 11 is 0. The third-order valence-electron chi connectivity index (χ3n) is 4.99. The van der Waals surface area contributed by atoms with Gasteiger partial charge in [-0.25, -0.2) is 4.39 Å². The van der Waals surface area contributed by atoms with Crippen LogP contribution in [-0.4, -0.2) is 30.1 Å². The predicted molar refractivity (Wildman–Crippen MR) is 93.8 cm³/mol. The minimum Gasteiger partial charge on any atom is -0.482 e. The molecule has 6 nitrogen and oxygen atoms in total. The van der Waals surface area contributed by atoms with Gasteiger partial charge in [0.1, 0.15) is 18.1 Å². The number of nitrogens with zero attached hydrogens (tertiary/aromatic N) is 2. The number of carboxylic acids is 1. The van der Waals surface area contributed by atoms with Crippen molar-refractivity contribution < 1.29 is 23.8 Å². The summed E-state index contributed by atoms with van der Waals surface area (Å²) in [5.41, 5.74) is 1.46. The number of aliphatic carboxylic acids is 1. The molecule has 0 spiro atoms. The molecule has 4 rings (SSSR count). The van der Waals surface area contributed by atoms with Crippen LogP contribution in [0.15, 0.2) is 36.4 Å². The van der Waals surface area contributed by atoms with E-state index in [9.17, 15) is 19.2 Å². The lowest BCUT2D eigenvalue weighted by atomic mass is 9.93. The van der Waals surface area contributed by atoms with Crippen LogP contribution in [0.3, 0.4) is 0 Å². The molecule has 136 valence electrons. The lowest BCUT2D eigenvalue weighted by Gasteiger charge is -2.28. The number of nitriles is 1. The van der Waals surface area contributed by atoms with E-state index in [4.69, 9.17) is 9.84 Å². The third-order valence-corrected chi connectivity index (χ3v) is 4.99. The van der Waals surface area contributed by atoms with Gasteiger partial charge in [0.05, 0.1) is 17.2 Å². The highest BCUT2D eigenvalue weighted by Gasteiger charge is 2.45. The molecule has 2 aromatic rings. The van der Waals surface area contributed by atoms with Gasteiger partial charge in [-0.15, -0.1) is 0 Å². The summed E-state index contributed by atoms with van der Waals surface area (Å²) in [5.74, 6) is -1.69. The van der Waals surface area contributed by atoms with Gasteiger partial charge in [0.2, 0.25) is 0 Å². The maximum absolute atomic E-state index is 14.4. The van der Waals surface area contributed by atoms with Crippen molar-refractivity contribution in [2.45, 2.75) is 18.3 Å². The molecule has 1 aliphatic heterocycles. The molecule has 27 heavy (non-hydrogen) atoms. The number of benzene rings is 2. The molecule has 0 atom stereocenters. The molecule has 2 aliphatic rings. The van der Waals surface area contributed by atoms with Crippen molar-refractivity contribution in [3.8, 4) is 22.9 Å². The summed E-state index contributed by atoms with van der Waals surface area (Å²) in [6, 6.07) is 11.7. The van der Waals surface area contributed by atoms with Gasteiger partial charge >= 0.3 is 5.97 Å². The maximum Gasteiger partial charge on any atom is 0.323 e. The molecule has 0 unspecified atom stereocenters. The van der Waals surface area contributed by atoms with Crippen LogP contribution in [0.2, 0.25) is 0 Å². The van der Waals surface area contributed by atoms with E-state index < -0.39 is 29.7 Å². The fourth-order valence-electron chi connectivity index (χ4n) is 3.31. The van der Waals surface area contributed by atoms with Gasteiger partial charge in [0, 0.05) is 5.56 Å². The topological polar surface area (TPSA) is 90.6 Å². The summed E-state index contributed by atoms with van der Waals surface area (Å²) in [7, 11) is 0. The van der Waals surface area contributed by atoms with Crippen molar-refractivity contribution in [1.29, 1.82) is 5.26 Å². The second kappa shape index (κ2) is 6.09. The molecule has 1 fully saturated rings. The predicted octanol–water partition coefficient (Wildman–Crippen LogP) is 2.86. The molecule has 0 bridgehead atoms. The molecule has 1 amide bonds. The molecule has 0 aromatic heterocycles. The average molecular weight is 366 g/mol. The van der Waals surface area contributed by atoms with Crippen LogP contribution < -0.4 is 9.64 Å². The fraction of sp³-hybridized carbons (Fsp3) is 0.250. The smallest absolute Gasteiger partial charge is 0.323 e. The number of anilines is 1. The number of ether oxygens (including phenoxy) is 1. The second-order valence-electron chi connectivity index (χ2n) is 6.73. The Morgan fingerprint density at radius 2 is 2.07 bits per heavy atom. The molecular formula is C20H15FN2O4. The van der Waals surface area contributed by atoms with Crippen LogP contribution in [0.4, 0.5) is 10.1 Å². The highest BCUT2D eigenvalue weighted by molar-refractivity contribution is 6.01. The van der Waals surface area contributed by atoms with Crippen molar-refractivity contribution in [3.63, 3.8) is 0 Å². The summed E-state index contributed by atoms with van der Waals surface area (Å²) in [5, 5.41) is 18.4. The number of rotatable bonds is 4. The number of amides is 1. The standard InChI is InChI=1S/C20H15FN2O4/c21-15-3-2-13(20(11-22)5-6-20)8-14(15)12-1-4-16-17(7-12)27-10-18(24)23(16)9-19(25)26/h1-4,7-8H,5-6,9-10H2,(H,25,26). The Morgan fingerprint density at radius 3 is 2.74 bits per heavy atom. The zero-order valence-electron chi connectivity index (χ0n) is 14.2. The van der Waals surface area contributed by atoms with Gasteiger partial charge in [0.15, 0.2) is 6.61 Å². The number of carbonyl (C=O) groups is 2. The Bertz CT molecular complexity index is 1010. The average Bonchev–Trinajstić information content (AvgIpc) is 3.45. The Hall–Kier alpha value is -3.40. The second-order valence-corrected chi connectivity index (χ2v) is 6.73. The van der Waals surface area contributed by atoms with Crippen LogP contribution in [0.1, 0.15) is 18.4 Å². The highest BCUT2D eigenvalue weighted by Crippen LogP contribution is 2.48. The number of carboxylic acid groups (broad SMARTS) is 1. The van der Waals surface area contributed by atoms with Gasteiger partial charge in [-0.2, -0.15) is 5.26 Å².